The summed E-state index contributed by atoms with van der Waals surface area (Å²) < 4.78 is 30.6. The maximum atomic E-state index is 14.8. The Balaban J connectivity index is 1.22. The molecule has 9 heteroatoms. The molecule has 2 saturated heterocycles. The summed E-state index contributed by atoms with van der Waals surface area (Å²) in [5.41, 5.74) is 3.38. The van der Waals surface area contributed by atoms with Crippen molar-refractivity contribution in [3.05, 3.63) is 72.2 Å². The zero-order valence-electron chi connectivity index (χ0n) is 20.1. The maximum Gasteiger partial charge on any atom is 0.166 e. The van der Waals surface area contributed by atoms with Gasteiger partial charge in [-0.25, -0.2) is 18.3 Å². The Morgan fingerprint density at radius 1 is 0.972 bits per heavy atom. The zero-order chi connectivity index (χ0) is 24.4. The van der Waals surface area contributed by atoms with Gasteiger partial charge in [0.05, 0.1) is 34.9 Å². The van der Waals surface area contributed by atoms with E-state index in [1.54, 1.807) is 10.7 Å². The van der Waals surface area contributed by atoms with Gasteiger partial charge in [-0.2, -0.15) is 5.10 Å². The standard InChI is InChI=1S/C27H27F2N7/c1-33-10-12-34(13-11-33)20-3-5-24(30-16-20)21-17-31-36-9-7-25(32-26(21)36)35-8-6-18-15-27(18,35)22-14-19(28)2-4-23(22)29/h2-5,7,9,14,16-18H,6,8,10-13,15H2,1H3/t18-,27+/m0/s1. The number of halogens is 2. The van der Waals surface area contributed by atoms with Crippen LogP contribution in [0.25, 0.3) is 16.9 Å². The molecule has 0 N–H and O–H groups in total. The lowest BCUT2D eigenvalue weighted by Crippen LogP contribution is -2.44. The number of piperidine rings is 1. The molecule has 1 aromatic carbocycles. The Morgan fingerprint density at radius 3 is 2.61 bits per heavy atom. The molecule has 0 unspecified atom stereocenters. The number of hydrogen-bond acceptors (Lipinski definition) is 6. The minimum Gasteiger partial charge on any atom is -0.368 e. The van der Waals surface area contributed by atoms with Crippen LogP contribution >= 0.6 is 0 Å². The molecule has 0 amide bonds. The maximum absolute atomic E-state index is 14.8. The van der Waals surface area contributed by atoms with Gasteiger partial charge in [-0.05, 0) is 62.2 Å². The van der Waals surface area contributed by atoms with Crippen molar-refractivity contribution >= 4 is 17.2 Å². The summed E-state index contributed by atoms with van der Waals surface area (Å²) in [4.78, 5) is 16.5. The molecule has 3 aliphatic rings. The second-order valence-electron chi connectivity index (χ2n) is 10.2. The van der Waals surface area contributed by atoms with Crippen molar-refractivity contribution in [2.45, 2.75) is 18.4 Å². The molecule has 2 atom stereocenters. The Bertz CT molecular complexity index is 1440. The number of benzene rings is 1. The summed E-state index contributed by atoms with van der Waals surface area (Å²) in [7, 11) is 2.15. The summed E-state index contributed by atoms with van der Waals surface area (Å²) in [6, 6.07) is 9.80. The Hall–Kier alpha value is -3.59. The van der Waals surface area contributed by atoms with Crippen LogP contribution in [-0.2, 0) is 5.54 Å². The smallest absolute Gasteiger partial charge is 0.166 e. The highest BCUT2D eigenvalue weighted by atomic mass is 19.1. The van der Waals surface area contributed by atoms with Crippen molar-refractivity contribution in [1.82, 2.24) is 24.5 Å². The molecule has 3 aromatic heterocycles. The number of aromatic nitrogens is 4. The molecule has 7 nitrogen and oxygen atoms in total. The van der Waals surface area contributed by atoms with Crippen molar-refractivity contribution in [3.8, 4) is 11.3 Å². The van der Waals surface area contributed by atoms with Gasteiger partial charge in [-0.3, -0.25) is 4.98 Å². The average molecular weight is 488 g/mol. The lowest BCUT2D eigenvalue weighted by Gasteiger charge is -2.33. The van der Waals surface area contributed by atoms with Crippen molar-refractivity contribution in [1.29, 1.82) is 0 Å². The predicted octanol–water partition coefficient (Wildman–Crippen LogP) is 3.95. The van der Waals surface area contributed by atoms with E-state index >= 15 is 0 Å². The molecule has 2 aliphatic heterocycles. The van der Waals surface area contributed by atoms with Crippen LogP contribution in [-0.4, -0.2) is 64.3 Å². The lowest BCUT2D eigenvalue weighted by atomic mass is 10.0. The average Bonchev–Trinajstić information content (AvgIpc) is 3.27. The van der Waals surface area contributed by atoms with Gasteiger partial charge in [0.1, 0.15) is 17.5 Å². The number of likely N-dealkylation sites (N-methyl/N-ethyl adjacent to an activating group) is 1. The third-order valence-electron chi connectivity index (χ3n) is 8.17. The Morgan fingerprint density at radius 2 is 1.83 bits per heavy atom. The number of fused-ring (bicyclic) bond motifs is 2. The highest BCUT2D eigenvalue weighted by Crippen LogP contribution is 2.63. The van der Waals surface area contributed by atoms with Crippen molar-refractivity contribution < 1.29 is 8.78 Å². The third-order valence-corrected chi connectivity index (χ3v) is 8.17. The fourth-order valence-electron chi connectivity index (χ4n) is 6.08. The van der Waals surface area contributed by atoms with Gasteiger partial charge in [0.15, 0.2) is 5.65 Å². The summed E-state index contributed by atoms with van der Waals surface area (Å²) >= 11 is 0. The van der Waals surface area contributed by atoms with E-state index in [4.69, 9.17) is 9.97 Å². The molecule has 7 rings (SSSR count). The van der Waals surface area contributed by atoms with E-state index in [0.29, 0.717) is 17.1 Å². The summed E-state index contributed by atoms with van der Waals surface area (Å²) in [5, 5.41) is 4.48. The van der Waals surface area contributed by atoms with Gasteiger partial charge < -0.3 is 14.7 Å². The van der Waals surface area contributed by atoms with Crippen molar-refractivity contribution in [2.75, 3.05) is 49.6 Å². The zero-order valence-corrected chi connectivity index (χ0v) is 20.1. The van der Waals surface area contributed by atoms with E-state index < -0.39 is 11.4 Å². The van der Waals surface area contributed by atoms with Crippen LogP contribution in [0.5, 0.6) is 0 Å². The minimum absolute atomic E-state index is 0.306. The highest BCUT2D eigenvalue weighted by Gasteiger charge is 2.64. The molecule has 184 valence electrons. The van der Waals surface area contributed by atoms with Gasteiger partial charge >= 0.3 is 0 Å². The van der Waals surface area contributed by atoms with E-state index in [-0.39, 0.29) is 5.82 Å². The molecule has 1 saturated carbocycles. The van der Waals surface area contributed by atoms with Crippen LogP contribution in [0.3, 0.4) is 0 Å². The molecular weight excluding hydrogens is 460 g/mol. The lowest BCUT2D eigenvalue weighted by molar-refractivity contribution is 0.313. The van der Waals surface area contributed by atoms with Gasteiger partial charge in [0.2, 0.25) is 0 Å². The summed E-state index contributed by atoms with van der Waals surface area (Å²) in [5.74, 6) is 0.286. The van der Waals surface area contributed by atoms with Crippen LogP contribution in [0.15, 0.2) is 55.0 Å². The van der Waals surface area contributed by atoms with Crippen LogP contribution in [0.2, 0.25) is 0 Å². The first-order valence-electron chi connectivity index (χ1n) is 12.5. The normalized spacial score (nSPS) is 23.9. The van der Waals surface area contributed by atoms with Gasteiger partial charge in [-0.1, -0.05) is 0 Å². The monoisotopic (exact) mass is 487 g/mol. The van der Waals surface area contributed by atoms with E-state index in [1.807, 2.05) is 24.5 Å². The molecule has 3 fully saturated rings. The minimum atomic E-state index is -0.528. The summed E-state index contributed by atoms with van der Waals surface area (Å²) in [6.07, 6.45) is 7.33. The molecular formula is C27H27F2N7. The first-order chi connectivity index (χ1) is 17.5. The molecule has 0 radical (unpaired) electrons. The molecule has 1 aliphatic carbocycles. The molecule has 0 spiro atoms. The molecule has 4 aromatic rings. The summed E-state index contributed by atoms with van der Waals surface area (Å²) in [6.45, 7) is 4.82. The van der Waals surface area contributed by atoms with Gasteiger partial charge in [-0.15, -0.1) is 0 Å². The fraction of sp³-hybridized carbons (Fsp3) is 0.370. The fourth-order valence-corrected chi connectivity index (χ4v) is 6.08. The van der Waals surface area contributed by atoms with E-state index in [0.717, 1.165) is 68.3 Å². The number of piperazine rings is 1. The topological polar surface area (TPSA) is 52.8 Å². The number of anilines is 2. The van der Waals surface area contributed by atoms with E-state index in [1.165, 1.54) is 18.2 Å². The highest BCUT2D eigenvalue weighted by molar-refractivity contribution is 5.76. The van der Waals surface area contributed by atoms with Crippen molar-refractivity contribution in [2.24, 2.45) is 5.92 Å². The number of hydrogen-bond donors (Lipinski definition) is 0. The quantitative estimate of drug-likeness (QED) is 0.435. The largest absolute Gasteiger partial charge is 0.368 e. The second-order valence-corrected chi connectivity index (χ2v) is 10.2. The van der Waals surface area contributed by atoms with E-state index in [9.17, 15) is 8.78 Å². The number of rotatable bonds is 4. The first-order valence-corrected chi connectivity index (χ1v) is 12.5. The van der Waals surface area contributed by atoms with Crippen molar-refractivity contribution in [3.63, 3.8) is 0 Å². The number of pyridine rings is 1. The molecule has 5 heterocycles. The van der Waals surface area contributed by atoms with Crippen LogP contribution in [0.4, 0.5) is 20.3 Å². The SMILES string of the molecule is CN1CCN(c2ccc(-c3cnn4ccc(N5CC[C@H]6C[C@]65c5cc(F)ccc5F)nc34)nc2)CC1. The van der Waals surface area contributed by atoms with Crippen LogP contribution in [0, 0.1) is 17.6 Å². The number of nitrogens with zero attached hydrogens (tertiary/aromatic N) is 7. The first kappa shape index (κ1) is 21.7. The molecule has 0 bridgehead atoms. The van der Waals surface area contributed by atoms with Crippen LogP contribution in [0.1, 0.15) is 18.4 Å². The van der Waals surface area contributed by atoms with Gasteiger partial charge in [0.25, 0.3) is 0 Å². The van der Waals surface area contributed by atoms with Crippen LogP contribution < -0.4 is 9.80 Å². The Kier molecular flexibility index (Phi) is 4.79. The second kappa shape index (κ2) is 7.96. The third kappa shape index (κ3) is 3.29. The van der Waals surface area contributed by atoms with Gasteiger partial charge in [0, 0.05) is 44.5 Å². The molecule has 36 heavy (non-hydrogen) atoms. The Labute approximate surface area is 208 Å². The predicted molar refractivity (Wildman–Crippen MR) is 134 cm³/mol. The van der Waals surface area contributed by atoms with E-state index in [2.05, 4.69) is 32.9 Å².